The number of hydrogen-bond donors (Lipinski definition) is 1. The molecule has 0 bridgehead atoms. The number of benzene rings is 1. The average Bonchev–Trinajstić information content (AvgIpc) is 2.29. The molecule has 0 radical (unpaired) electrons. The molecule has 0 amide bonds. The maximum Gasteiger partial charge on any atom is 0.0809 e. The van der Waals surface area contributed by atoms with Crippen LogP contribution >= 0.6 is 0 Å². The van der Waals surface area contributed by atoms with Crippen molar-refractivity contribution in [3.63, 3.8) is 0 Å². The van der Waals surface area contributed by atoms with E-state index in [4.69, 9.17) is 9.84 Å². The molecule has 1 rings (SSSR count). The van der Waals surface area contributed by atoms with Crippen molar-refractivity contribution < 1.29 is 9.84 Å². The van der Waals surface area contributed by atoms with Crippen LogP contribution in [0, 0.1) is 5.41 Å². The summed E-state index contributed by atoms with van der Waals surface area (Å²) in [7, 11) is 0. The van der Waals surface area contributed by atoms with Gasteiger partial charge in [-0.3, -0.25) is 0 Å². The standard InChI is InChI=1S/C15H22O2/c1-15(2,3)14(10-7-11-16)17-12-13-8-5-4-6-9-13/h4-10,14,16H,11-12H2,1-3H3/b10-7+. The van der Waals surface area contributed by atoms with Crippen LogP contribution in [0.2, 0.25) is 0 Å². The van der Waals surface area contributed by atoms with Gasteiger partial charge in [-0.25, -0.2) is 0 Å². The lowest BCUT2D eigenvalue weighted by Crippen LogP contribution is -2.27. The van der Waals surface area contributed by atoms with E-state index in [1.165, 1.54) is 5.56 Å². The van der Waals surface area contributed by atoms with Gasteiger partial charge in [-0.2, -0.15) is 0 Å². The van der Waals surface area contributed by atoms with Crippen LogP contribution in [0.3, 0.4) is 0 Å². The fraction of sp³-hybridized carbons (Fsp3) is 0.467. The molecule has 0 aliphatic rings. The Kier molecular flexibility index (Phi) is 5.39. The minimum atomic E-state index is 0.00913. The smallest absolute Gasteiger partial charge is 0.0809 e. The molecule has 0 aromatic heterocycles. The minimum Gasteiger partial charge on any atom is -0.392 e. The highest BCUT2D eigenvalue weighted by atomic mass is 16.5. The first-order valence-corrected chi connectivity index (χ1v) is 5.97. The minimum absolute atomic E-state index is 0.00913. The summed E-state index contributed by atoms with van der Waals surface area (Å²) in [6.07, 6.45) is 3.68. The number of ether oxygens (including phenoxy) is 1. The number of rotatable bonds is 5. The van der Waals surface area contributed by atoms with Gasteiger partial charge in [-0.05, 0) is 11.0 Å². The van der Waals surface area contributed by atoms with Gasteiger partial charge >= 0.3 is 0 Å². The molecule has 1 aromatic carbocycles. The summed E-state index contributed by atoms with van der Waals surface area (Å²) in [6, 6.07) is 10.1. The van der Waals surface area contributed by atoms with Gasteiger partial charge in [0.05, 0.1) is 19.3 Å². The van der Waals surface area contributed by atoms with Gasteiger partial charge in [0, 0.05) is 0 Å². The van der Waals surface area contributed by atoms with Gasteiger partial charge in [0.25, 0.3) is 0 Å². The molecule has 0 saturated heterocycles. The van der Waals surface area contributed by atoms with Gasteiger partial charge in [0.1, 0.15) is 0 Å². The quantitative estimate of drug-likeness (QED) is 0.793. The molecular weight excluding hydrogens is 212 g/mol. The van der Waals surface area contributed by atoms with Crippen molar-refractivity contribution in [2.45, 2.75) is 33.5 Å². The highest BCUT2D eigenvalue weighted by molar-refractivity contribution is 5.13. The van der Waals surface area contributed by atoms with Crippen molar-refractivity contribution in [2.75, 3.05) is 6.61 Å². The lowest BCUT2D eigenvalue weighted by molar-refractivity contribution is 0.00384. The van der Waals surface area contributed by atoms with E-state index < -0.39 is 0 Å². The molecule has 0 spiro atoms. The molecule has 94 valence electrons. The molecule has 1 N–H and O–H groups in total. The highest BCUT2D eigenvalue weighted by Gasteiger charge is 2.22. The molecule has 0 fully saturated rings. The second-order valence-electron chi connectivity index (χ2n) is 5.19. The third kappa shape index (κ3) is 5.16. The summed E-state index contributed by atoms with van der Waals surface area (Å²) >= 11 is 0. The van der Waals surface area contributed by atoms with Crippen LogP contribution < -0.4 is 0 Å². The zero-order chi connectivity index (χ0) is 12.7. The molecule has 1 unspecified atom stereocenters. The average molecular weight is 234 g/mol. The molecular formula is C15H22O2. The van der Waals surface area contributed by atoms with E-state index in [1.807, 2.05) is 24.3 Å². The normalized spacial score (nSPS) is 14.1. The highest BCUT2D eigenvalue weighted by Crippen LogP contribution is 2.24. The van der Waals surface area contributed by atoms with Crippen molar-refractivity contribution in [1.29, 1.82) is 0 Å². The van der Waals surface area contributed by atoms with E-state index in [2.05, 4.69) is 32.9 Å². The van der Waals surface area contributed by atoms with Gasteiger partial charge in [-0.15, -0.1) is 0 Å². The Hall–Kier alpha value is -1.12. The van der Waals surface area contributed by atoms with E-state index in [1.54, 1.807) is 6.08 Å². The third-order valence-corrected chi connectivity index (χ3v) is 2.54. The SMILES string of the molecule is CC(C)(C)C(/C=C/CO)OCc1ccccc1. The van der Waals surface area contributed by atoms with Crippen molar-refractivity contribution in [3.8, 4) is 0 Å². The summed E-state index contributed by atoms with van der Waals surface area (Å²) in [5, 5.41) is 8.82. The maximum absolute atomic E-state index is 8.82. The van der Waals surface area contributed by atoms with Crippen molar-refractivity contribution >= 4 is 0 Å². The van der Waals surface area contributed by atoms with Crippen molar-refractivity contribution in [1.82, 2.24) is 0 Å². The summed E-state index contributed by atoms with van der Waals surface area (Å²) in [4.78, 5) is 0. The van der Waals surface area contributed by atoms with Crippen LogP contribution in [0.15, 0.2) is 42.5 Å². The van der Waals surface area contributed by atoms with E-state index in [9.17, 15) is 0 Å². The fourth-order valence-electron chi connectivity index (χ4n) is 1.54. The zero-order valence-corrected chi connectivity index (χ0v) is 10.9. The first kappa shape index (κ1) is 13.9. The van der Waals surface area contributed by atoms with Gasteiger partial charge < -0.3 is 9.84 Å². The summed E-state index contributed by atoms with van der Waals surface area (Å²) < 4.78 is 5.90. The zero-order valence-electron chi connectivity index (χ0n) is 10.9. The maximum atomic E-state index is 8.82. The van der Waals surface area contributed by atoms with Crippen molar-refractivity contribution in [3.05, 3.63) is 48.0 Å². The Bertz CT molecular complexity index is 336. The van der Waals surface area contributed by atoms with E-state index in [0.717, 1.165) is 0 Å². The predicted molar refractivity (Wildman–Crippen MR) is 70.7 cm³/mol. The Morgan fingerprint density at radius 2 is 1.88 bits per heavy atom. The Morgan fingerprint density at radius 1 is 1.24 bits per heavy atom. The van der Waals surface area contributed by atoms with Crippen LogP contribution in [0.25, 0.3) is 0 Å². The molecule has 2 nitrogen and oxygen atoms in total. The molecule has 0 saturated carbocycles. The van der Waals surface area contributed by atoms with E-state index in [0.29, 0.717) is 6.61 Å². The lowest BCUT2D eigenvalue weighted by Gasteiger charge is -2.28. The fourth-order valence-corrected chi connectivity index (χ4v) is 1.54. The van der Waals surface area contributed by atoms with E-state index >= 15 is 0 Å². The molecule has 2 heteroatoms. The molecule has 0 aliphatic carbocycles. The predicted octanol–water partition coefficient (Wildman–Crippen LogP) is 3.17. The van der Waals surface area contributed by atoms with Crippen LogP contribution in [-0.2, 0) is 11.3 Å². The largest absolute Gasteiger partial charge is 0.392 e. The first-order chi connectivity index (χ1) is 8.04. The number of aliphatic hydroxyl groups excluding tert-OH is 1. The number of hydrogen-bond acceptors (Lipinski definition) is 2. The second-order valence-corrected chi connectivity index (χ2v) is 5.19. The molecule has 1 atom stereocenters. The molecule has 0 aliphatic heterocycles. The Labute approximate surface area is 104 Å². The summed E-state index contributed by atoms with van der Waals surface area (Å²) in [5.41, 5.74) is 1.19. The Morgan fingerprint density at radius 3 is 2.41 bits per heavy atom. The second kappa shape index (κ2) is 6.58. The topological polar surface area (TPSA) is 29.5 Å². The summed E-state index contributed by atoms with van der Waals surface area (Å²) in [6.45, 7) is 7.04. The Balaban J connectivity index is 2.59. The van der Waals surface area contributed by atoms with Crippen LogP contribution in [0.5, 0.6) is 0 Å². The molecule has 17 heavy (non-hydrogen) atoms. The van der Waals surface area contributed by atoms with Crippen LogP contribution in [0.4, 0.5) is 0 Å². The van der Waals surface area contributed by atoms with Gasteiger partial charge in [0.2, 0.25) is 0 Å². The lowest BCUT2D eigenvalue weighted by atomic mass is 9.88. The van der Waals surface area contributed by atoms with Crippen LogP contribution in [0.1, 0.15) is 26.3 Å². The molecule has 1 aromatic rings. The van der Waals surface area contributed by atoms with Gasteiger partial charge in [0.15, 0.2) is 0 Å². The summed E-state index contributed by atoms with van der Waals surface area (Å²) in [5.74, 6) is 0. The van der Waals surface area contributed by atoms with Gasteiger partial charge in [-0.1, -0.05) is 63.3 Å². The third-order valence-electron chi connectivity index (χ3n) is 2.54. The monoisotopic (exact) mass is 234 g/mol. The first-order valence-electron chi connectivity index (χ1n) is 5.97. The van der Waals surface area contributed by atoms with E-state index in [-0.39, 0.29) is 18.1 Å². The van der Waals surface area contributed by atoms with Crippen molar-refractivity contribution in [2.24, 2.45) is 5.41 Å². The van der Waals surface area contributed by atoms with Crippen LogP contribution in [-0.4, -0.2) is 17.8 Å². The molecule has 0 heterocycles. The number of aliphatic hydroxyl groups is 1.